The van der Waals surface area contributed by atoms with Gasteiger partial charge in [0.2, 0.25) is 5.89 Å². The number of rotatable bonds is 7. The van der Waals surface area contributed by atoms with E-state index in [2.05, 4.69) is 144 Å². The second-order valence-corrected chi connectivity index (χ2v) is 14.3. The van der Waals surface area contributed by atoms with E-state index in [0.29, 0.717) is 28.9 Å². The van der Waals surface area contributed by atoms with Gasteiger partial charge in [0.15, 0.2) is 23.1 Å². The van der Waals surface area contributed by atoms with Crippen LogP contribution in [0.15, 0.2) is 205 Å². The number of oxazole rings is 1. The first-order valence-corrected chi connectivity index (χ1v) is 19.3. The second-order valence-electron chi connectivity index (χ2n) is 14.3. The molecule has 0 radical (unpaired) electrons. The average Bonchev–Trinajstić information content (AvgIpc) is 3.90. The van der Waals surface area contributed by atoms with Crippen molar-refractivity contribution in [1.29, 1.82) is 0 Å². The Morgan fingerprint density at radius 1 is 0.345 bits per heavy atom. The average molecular weight is 744 g/mol. The van der Waals surface area contributed by atoms with E-state index in [9.17, 15) is 0 Å². The Morgan fingerprint density at radius 3 is 1.55 bits per heavy atom. The van der Waals surface area contributed by atoms with Gasteiger partial charge in [-0.1, -0.05) is 140 Å². The molecular weight excluding hydrogens is 711 g/mol. The molecular formula is C52H33N5O. The van der Waals surface area contributed by atoms with Gasteiger partial charge in [-0.05, 0) is 82.9 Å². The van der Waals surface area contributed by atoms with Gasteiger partial charge in [-0.3, -0.25) is 0 Å². The first kappa shape index (κ1) is 33.4. The van der Waals surface area contributed by atoms with Crippen LogP contribution in [-0.4, -0.2) is 24.5 Å². The van der Waals surface area contributed by atoms with Crippen LogP contribution >= 0.6 is 0 Å². The smallest absolute Gasteiger partial charge is 0.227 e. The summed E-state index contributed by atoms with van der Waals surface area (Å²) in [6, 6.07) is 68.8. The lowest BCUT2D eigenvalue weighted by molar-refractivity contribution is 0.620. The van der Waals surface area contributed by atoms with E-state index in [1.807, 2.05) is 60.7 Å². The number of hydrogen-bond acceptors (Lipinski definition) is 5. The Hall–Kier alpha value is -7.96. The molecule has 8 aromatic carbocycles. The summed E-state index contributed by atoms with van der Waals surface area (Å²) < 4.78 is 8.88. The maximum atomic E-state index is 6.58. The van der Waals surface area contributed by atoms with Crippen LogP contribution in [0.1, 0.15) is 0 Å². The molecule has 3 aromatic heterocycles. The molecule has 0 fully saturated rings. The Labute approximate surface area is 334 Å². The first-order chi connectivity index (χ1) is 28.7. The predicted molar refractivity (Wildman–Crippen MR) is 234 cm³/mol. The number of nitrogens with zero attached hydrogens (tertiary/aromatic N) is 5. The topological polar surface area (TPSA) is 69.6 Å². The minimum atomic E-state index is 0.512. The summed E-state index contributed by atoms with van der Waals surface area (Å²) in [7, 11) is 0. The molecule has 3 heterocycles. The number of aromatic nitrogens is 5. The Kier molecular flexibility index (Phi) is 8.04. The Bertz CT molecular complexity index is 3250. The van der Waals surface area contributed by atoms with Gasteiger partial charge in [-0.15, -0.1) is 0 Å². The van der Waals surface area contributed by atoms with Gasteiger partial charge in [0.05, 0.1) is 16.6 Å². The Balaban J connectivity index is 0.988. The lowest BCUT2D eigenvalue weighted by Gasteiger charge is -2.10. The zero-order valence-corrected chi connectivity index (χ0v) is 31.2. The third-order valence-electron chi connectivity index (χ3n) is 10.7. The molecule has 0 atom stereocenters. The third-order valence-corrected chi connectivity index (χ3v) is 10.7. The van der Waals surface area contributed by atoms with E-state index in [4.69, 9.17) is 24.4 Å². The number of benzene rings is 8. The van der Waals surface area contributed by atoms with E-state index in [0.717, 1.165) is 66.4 Å². The lowest BCUT2D eigenvalue weighted by Crippen LogP contribution is -2.00. The van der Waals surface area contributed by atoms with Crippen LogP contribution in [0.2, 0.25) is 0 Å². The molecule has 6 nitrogen and oxygen atoms in total. The van der Waals surface area contributed by atoms with Crippen molar-refractivity contribution in [3.63, 3.8) is 0 Å². The van der Waals surface area contributed by atoms with Crippen molar-refractivity contribution in [2.75, 3.05) is 0 Å². The molecule has 0 bridgehead atoms. The molecule has 272 valence electrons. The monoisotopic (exact) mass is 743 g/mol. The molecule has 0 saturated carbocycles. The van der Waals surface area contributed by atoms with Crippen molar-refractivity contribution in [1.82, 2.24) is 24.5 Å². The van der Waals surface area contributed by atoms with Gasteiger partial charge in [-0.25, -0.2) is 19.9 Å². The number of para-hydroxylation sites is 3. The quantitative estimate of drug-likeness (QED) is 0.163. The van der Waals surface area contributed by atoms with Crippen LogP contribution in [0.4, 0.5) is 0 Å². The summed E-state index contributed by atoms with van der Waals surface area (Å²) in [5.74, 6) is 2.20. The second kappa shape index (κ2) is 14.0. The normalized spacial score (nSPS) is 11.4. The summed E-state index contributed by atoms with van der Waals surface area (Å²) in [4.78, 5) is 20.2. The van der Waals surface area contributed by atoms with E-state index in [1.165, 1.54) is 11.1 Å². The van der Waals surface area contributed by atoms with E-state index in [1.54, 1.807) is 0 Å². The molecule has 58 heavy (non-hydrogen) atoms. The van der Waals surface area contributed by atoms with Crippen molar-refractivity contribution >= 4 is 32.9 Å². The molecule has 0 aliphatic carbocycles. The van der Waals surface area contributed by atoms with Crippen molar-refractivity contribution in [3.05, 3.63) is 200 Å². The molecule has 11 aromatic rings. The highest BCUT2D eigenvalue weighted by Gasteiger charge is 2.20. The summed E-state index contributed by atoms with van der Waals surface area (Å²) >= 11 is 0. The SMILES string of the molecule is c1ccc(-c2ccc(-c3ccc(-c4nc5cccc(-c6nc(-c7ccccc7)nc(-c7ccc8c(c7)c7ccccc7n8-c7ccccc7)n6)c5o4)cc3)cc2)cc1. The third kappa shape index (κ3) is 5.92. The minimum Gasteiger partial charge on any atom is -0.435 e. The molecule has 0 saturated heterocycles. The van der Waals surface area contributed by atoms with Crippen LogP contribution in [0.5, 0.6) is 0 Å². The van der Waals surface area contributed by atoms with E-state index < -0.39 is 0 Å². The van der Waals surface area contributed by atoms with Crippen molar-refractivity contribution < 1.29 is 4.42 Å². The fraction of sp³-hybridized carbons (Fsp3) is 0. The highest BCUT2D eigenvalue weighted by molar-refractivity contribution is 6.10. The predicted octanol–water partition coefficient (Wildman–Crippen LogP) is 13.1. The fourth-order valence-electron chi connectivity index (χ4n) is 7.85. The maximum Gasteiger partial charge on any atom is 0.227 e. The zero-order chi connectivity index (χ0) is 38.4. The number of fused-ring (bicyclic) bond motifs is 4. The van der Waals surface area contributed by atoms with Gasteiger partial charge in [0, 0.05) is 33.2 Å². The molecule has 11 rings (SSSR count). The largest absolute Gasteiger partial charge is 0.435 e. The summed E-state index contributed by atoms with van der Waals surface area (Å²) in [5.41, 5.74) is 12.8. The highest BCUT2D eigenvalue weighted by atomic mass is 16.3. The molecule has 0 aliphatic rings. The van der Waals surface area contributed by atoms with Crippen molar-refractivity contribution in [3.8, 4) is 73.6 Å². The van der Waals surface area contributed by atoms with Gasteiger partial charge >= 0.3 is 0 Å². The summed E-state index contributed by atoms with van der Waals surface area (Å²) in [5, 5.41) is 2.28. The Morgan fingerprint density at radius 2 is 0.862 bits per heavy atom. The molecule has 0 unspecified atom stereocenters. The zero-order valence-electron chi connectivity index (χ0n) is 31.2. The lowest BCUT2D eigenvalue weighted by atomic mass is 10.00. The van der Waals surface area contributed by atoms with Crippen LogP contribution in [0, 0.1) is 0 Å². The van der Waals surface area contributed by atoms with Crippen LogP contribution in [-0.2, 0) is 0 Å². The van der Waals surface area contributed by atoms with Gasteiger partial charge in [0.25, 0.3) is 0 Å². The van der Waals surface area contributed by atoms with Crippen LogP contribution in [0.3, 0.4) is 0 Å². The summed E-state index contributed by atoms with van der Waals surface area (Å²) in [6.45, 7) is 0. The standard InChI is InChI=1S/C52H33N5O/c1-4-13-34(14-5-1)35-23-25-36(26-24-35)37-27-29-39(30-28-37)52-53-45-21-12-20-43(48(45)58-52)51-55-49(38-15-6-2-7-16-38)54-50(56-51)40-31-32-47-44(33-40)42-19-10-11-22-46(42)57(47)41-17-8-3-9-18-41/h1-33H. The van der Waals surface area contributed by atoms with E-state index in [-0.39, 0.29) is 0 Å². The highest BCUT2D eigenvalue weighted by Crippen LogP contribution is 2.37. The van der Waals surface area contributed by atoms with Gasteiger partial charge < -0.3 is 8.98 Å². The molecule has 0 spiro atoms. The van der Waals surface area contributed by atoms with Crippen molar-refractivity contribution in [2.45, 2.75) is 0 Å². The number of hydrogen-bond donors (Lipinski definition) is 0. The molecule has 0 amide bonds. The first-order valence-electron chi connectivity index (χ1n) is 19.3. The van der Waals surface area contributed by atoms with E-state index >= 15 is 0 Å². The van der Waals surface area contributed by atoms with Crippen LogP contribution in [0.25, 0.3) is 106 Å². The van der Waals surface area contributed by atoms with Crippen LogP contribution < -0.4 is 0 Å². The van der Waals surface area contributed by atoms with Gasteiger partial charge in [0.1, 0.15) is 5.52 Å². The maximum absolute atomic E-state index is 6.58. The molecule has 6 heteroatoms. The van der Waals surface area contributed by atoms with Crippen molar-refractivity contribution in [2.24, 2.45) is 0 Å². The summed E-state index contributed by atoms with van der Waals surface area (Å²) in [6.07, 6.45) is 0. The van der Waals surface area contributed by atoms with Gasteiger partial charge in [-0.2, -0.15) is 0 Å². The fourth-order valence-corrected chi connectivity index (χ4v) is 7.85. The molecule has 0 aliphatic heterocycles. The molecule has 0 N–H and O–H groups in total. The minimum absolute atomic E-state index is 0.512.